The van der Waals surface area contributed by atoms with E-state index >= 15 is 0 Å². The zero-order valence-electron chi connectivity index (χ0n) is 13.7. The molecule has 120 valence electrons. The second kappa shape index (κ2) is 7.42. The van der Waals surface area contributed by atoms with Gasteiger partial charge in [0.15, 0.2) is 0 Å². The first-order chi connectivity index (χ1) is 11.7. The fourth-order valence-electron chi connectivity index (χ4n) is 2.53. The largest absolute Gasteiger partial charge is 0.288 e. The van der Waals surface area contributed by atoms with E-state index in [1.807, 2.05) is 72.8 Å². The van der Waals surface area contributed by atoms with Gasteiger partial charge in [-0.1, -0.05) is 67.6 Å². The van der Waals surface area contributed by atoms with Gasteiger partial charge in [0, 0.05) is 16.8 Å². The van der Waals surface area contributed by atoms with Gasteiger partial charge in [0.25, 0.3) is 0 Å². The minimum Gasteiger partial charge on any atom is -0.288 e. The van der Waals surface area contributed by atoms with Crippen molar-refractivity contribution in [1.29, 1.82) is 0 Å². The lowest BCUT2D eigenvalue weighted by atomic mass is 10.1. The van der Waals surface area contributed by atoms with E-state index in [4.69, 9.17) is 0 Å². The summed E-state index contributed by atoms with van der Waals surface area (Å²) in [5.41, 5.74) is 2.24. The van der Waals surface area contributed by atoms with Crippen LogP contribution in [0.3, 0.4) is 0 Å². The number of rotatable bonds is 5. The van der Waals surface area contributed by atoms with E-state index in [9.17, 15) is 4.57 Å². The monoisotopic (exact) mass is 333 g/mol. The molecule has 0 bridgehead atoms. The molecule has 2 nitrogen and oxygen atoms in total. The van der Waals surface area contributed by atoms with E-state index in [0.29, 0.717) is 0 Å². The van der Waals surface area contributed by atoms with Crippen LogP contribution in [-0.2, 0) is 11.0 Å². The van der Waals surface area contributed by atoms with Crippen molar-refractivity contribution < 1.29 is 4.57 Å². The topological polar surface area (TPSA) is 29.4 Å². The fourth-order valence-corrected chi connectivity index (χ4v) is 4.54. The average molecular weight is 333 g/mol. The summed E-state index contributed by atoms with van der Waals surface area (Å²) in [5.74, 6) is 0. The lowest BCUT2D eigenvalue weighted by Gasteiger charge is -2.14. The summed E-state index contributed by atoms with van der Waals surface area (Å²) in [6.45, 7) is 2.13. The summed E-state index contributed by atoms with van der Waals surface area (Å²) in [6, 6.07) is 27.2. The average Bonchev–Trinajstić information content (AvgIpc) is 2.68. The first-order valence-electron chi connectivity index (χ1n) is 8.08. The molecule has 3 rings (SSSR count). The molecular weight excluding hydrogens is 313 g/mol. The van der Waals surface area contributed by atoms with Crippen LogP contribution in [0.5, 0.6) is 0 Å². The third-order valence-corrected chi connectivity index (χ3v) is 6.41. The maximum atomic E-state index is 13.7. The lowest BCUT2D eigenvalue weighted by molar-refractivity contribution is 0.588. The van der Waals surface area contributed by atoms with Crippen LogP contribution in [0.25, 0.3) is 0 Å². The highest BCUT2D eigenvalue weighted by atomic mass is 31.2. The highest BCUT2D eigenvalue weighted by molar-refractivity contribution is 7.77. The SMILES string of the molecule is CCc1ccc(/C=N/P(=O)(c2ccccc2)c2ccccc2)cc1. The first kappa shape index (κ1) is 16.4. The third kappa shape index (κ3) is 3.55. The van der Waals surface area contributed by atoms with Crippen molar-refractivity contribution in [3.63, 3.8) is 0 Å². The Morgan fingerprint density at radius 1 is 0.792 bits per heavy atom. The second-order valence-electron chi connectivity index (χ2n) is 5.59. The van der Waals surface area contributed by atoms with Crippen molar-refractivity contribution in [3.05, 3.63) is 96.1 Å². The molecule has 0 amide bonds. The smallest absolute Gasteiger partial charge is 0.247 e. The Morgan fingerprint density at radius 2 is 1.29 bits per heavy atom. The highest BCUT2D eigenvalue weighted by Gasteiger charge is 2.25. The van der Waals surface area contributed by atoms with Gasteiger partial charge in [-0.15, -0.1) is 0 Å². The lowest BCUT2D eigenvalue weighted by Crippen LogP contribution is -2.14. The maximum absolute atomic E-state index is 13.7. The van der Waals surface area contributed by atoms with Gasteiger partial charge in [-0.25, -0.2) is 4.76 Å². The molecule has 0 aliphatic rings. The first-order valence-corrected chi connectivity index (χ1v) is 9.74. The van der Waals surface area contributed by atoms with Crippen LogP contribution >= 0.6 is 7.29 Å². The Labute approximate surface area is 143 Å². The van der Waals surface area contributed by atoms with Gasteiger partial charge < -0.3 is 0 Å². The van der Waals surface area contributed by atoms with Crippen LogP contribution in [0, 0.1) is 0 Å². The molecule has 0 saturated heterocycles. The van der Waals surface area contributed by atoms with Crippen LogP contribution < -0.4 is 10.6 Å². The van der Waals surface area contributed by atoms with Gasteiger partial charge >= 0.3 is 0 Å². The van der Waals surface area contributed by atoms with Crippen LogP contribution in [0.1, 0.15) is 18.1 Å². The van der Waals surface area contributed by atoms with Crippen LogP contribution in [0.15, 0.2) is 89.7 Å². The quantitative estimate of drug-likeness (QED) is 0.496. The van der Waals surface area contributed by atoms with Crippen LogP contribution in [-0.4, -0.2) is 6.21 Å². The van der Waals surface area contributed by atoms with Gasteiger partial charge in [-0.2, -0.15) is 0 Å². The number of nitrogens with zero attached hydrogens (tertiary/aromatic N) is 1. The molecule has 0 N–H and O–H groups in total. The number of benzene rings is 3. The Morgan fingerprint density at radius 3 is 1.75 bits per heavy atom. The minimum atomic E-state index is -3.04. The van der Waals surface area contributed by atoms with Crippen molar-refractivity contribution >= 4 is 24.1 Å². The molecule has 0 aliphatic carbocycles. The molecule has 0 aliphatic heterocycles. The Hall–Kier alpha value is -2.44. The minimum absolute atomic E-state index is 0.748. The number of hydrogen-bond acceptors (Lipinski definition) is 1. The van der Waals surface area contributed by atoms with E-state index in [2.05, 4.69) is 23.8 Å². The van der Waals surface area contributed by atoms with Crippen molar-refractivity contribution in [2.45, 2.75) is 13.3 Å². The third-order valence-electron chi connectivity index (χ3n) is 3.97. The normalized spacial score (nSPS) is 11.7. The van der Waals surface area contributed by atoms with Crippen molar-refractivity contribution in [1.82, 2.24) is 0 Å². The van der Waals surface area contributed by atoms with E-state index in [1.54, 1.807) is 6.21 Å². The zero-order valence-corrected chi connectivity index (χ0v) is 14.6. The zero-order chi connectivity index (χ0) is 16.8. The number of aryl methyl sites for hydroxylation is 1. The van der Waals surface area contributed by atoms with Crippen LogP contribution in [0.4, 0.5) is 0 Å². The summed E-state index contributed by atoms with van der Waals surface area (Å²) in [6.07, 6.45) is 2.73. The summed E-state index contributed by atoms with van der Waals surface area (Å²) >= 11 is 0. The molecule has 3 heteroatoms. The molecule has 0 heterocycles. The van der Waals surface area contributed by atoms with E-state index in [1.165, 1.54) is 5.56 Å². The molecule has 3 aromatic carbocycles. The van der Waals surface area contributed by atoms with Crippen molar-refractivity contribution in [3.8, 4) is 0 Å². The predicted molar refractivity (Wildman–Crippen MR) is 103 cm³/mol. The Bertz CT molecular complexity index is 812. The molecule has 3 aromatic rings. The maximum Gasteiger partial charge on any atom is 0.247 e. The Balaban J connectivity index is 2.02. The fraction of sp³-hybridized carbons (Fsp3) is 0.0952. The van der Waals surface area contributed by atoms with Crippen molar-refractivity contribution in [2.75, 3.05) is 0 Å². The molecular formula is C21H20NOP. The summed E-state index contributed by atoms with van der Waals surface area (Å²) < 4.78 is 18.3. The van der Waals surface area contributed by atoms with Gasteiger partial charge in [0.1, 0.15) is 0 Å². The summed E-state index contributed by atoms with van der Waals surface area (Å²) in [4.78, 5) is 0. The van der Waals surface area contributed by atoms with Crippen molar-refractivity contribution in [2.24, 2.45) is 4.76 Å². The van der Waals surface area contributed by atoms with Gasteiger partial charge in [-0.3, -0.25) is 4.57 Å². The standard InChI is InChI=1S/C21H20NOP/c1-2-18-13-15-19(16-14-18)17-22-24(23,20-9-5-3-6-10-20)21-11-7-4-8-12-21/h3-17H,2H2,1H3/b22-17+. The molecule has 0 fully saturated rings. The second-order valence-corrected chi connectivity index (χ2v) is 8.00. The van der Waals surface area contributed by atoms with E-state index in [0.717, 1.165) is 22.6 Å². The molecule has 0 radical (unpaired) electrons. The molecule has 24 heavy (non-hydrogen) atoms. The summed E-state index contributed by atoms with van der Waals surface area (Å²) in [5, 5.41) is 1.50. The molecule has 0 saturated carbocycles. The number of hydrogen-bond donors (Lipinski definition) is 0. The van der Waals surface area contributed by atoms with Crippen LogP contribution in [0.2, 0.25) is 0 Å². The molecule has 0 spiro atoms. The van der Waals surface area contributed by atoms with E-state index in [-0.39, 0.29) is 0 Å². The highest BCUT2D eigenvalue weighted by Crippen LogP contribution is 2.44. The van der Waals surface area contributed by atoms with Gasteiger partial charge in [0.2, 0.25) is 7.29 Å². The molecule has 0 unspecified atom stereocenters. The van der Waals surface area contributed by atoms with E-state index < -0.39 is 7.29 Å². The Kier molecular flexibility index (Phi) is 5.08. The predicted octanol–water partition coefficient (Wildman–Crippen LogP) is 4.60. The molecule has 0 atom stereocenters. The summed E-state index contributed by atoms with van der Waals surface area (Å²) in [7, 11) is -3.04. The molecule has 0 aromatic heterocycles. The van der Waals surface area contributed by atoms with Gasteiger partial charge in [-0.05, 0) is 41.8 Å². The van der Waals surface area contributed by atoms with Gasteiger partial charge in [0.05, 0.1) is 0 Å².